The maximum atomic E-state index is 13.2. The number of hydrogen-bond donors (Lipinski definition) is 2. The number of fused-ring (bicyclic) bond motifs is 1. The van der Waals surface area contributed by atoms with Crippen LogP contribution in [0.4, 0.5) is 0 Å². The molecule has 0 radical (unpaired) electrons. The fourth-order valence-corrected chi connectivity index (χ4v) is 6.08. The summed E-state index contributed by atoms with van der Waals surface area (Å²) in [6.45, 7) is 2.52. The van der Waals surface area contributed by atoms with E-state index in [1.54, 1.807) is 0 Å². The molecule has 1 aromatic rings. The molecule has 0 bridgehead atoms. The van der Waals surface area contributed by atoms with Gasteiger partial charge >= 0.3 is 5.97 Å². The lowest BCUT2D eigenvalue weighted by atomic mass is 9.69. The summed E-state index contributed by atoms with van der Waals surface area (Å²) in [5.74, 6) is -1.04. The first kappa shape index (κ1) is 19.1. The Bertz CT molecular complexity index is 808. The van der Waals surface area contributed by atoms with Crippen molar-refractivity contribution in [3.63, 3.8) is 0 Å². The predicted octanol–water partition coefficient (Wildman–Crippen LogP) is 1.96. The van der Waals surface area contributed by atoms with Gasteiger partial charge in [0.25, 0.3) is 0 Å². The van der Waals surface area contributed by atoms with Crippen LogP contribution in [-0.2, 0) is 10.0 Å². The number of rotatable bonds is 5. The number of ether oxygens (including phenoxy) is 1. The van der Waals surface area contributed by atoms with Gasteiger partial charge in [-0.2, -0.15) is 4.31 Å². The van der Waals surface area contributed by atoms with Crippen molar-refractivity contribution < 1.29 is 28.2 Å². The van der Waals surface area contributed by atoms with Gasteiger partial charge in [-0.05, 0) is 43.4 Å². The number of benzene rings is 1. The Morgan fingerprint density at radius 2 is 2.12 bits per heavy atom. The molecule has 3 atom stereocenters. The third-order valence-corrected chi connectivity index (χ3v) is 7.78. The van der Waals surface area contributed by atoms with E-state index >= 15 is 0 Å². The van der Waals surface area contributed by atoms with Crippen LogP contribution >= 0.6 is 0 Å². The average molecular weight is 383 g/mol. The summed E-state index contributed by atoms with van der Waals surface area (Å²) >= 11 is 0. The fraction of sp³-hybridized carbons (Fsp3) is 0.611. The van der Waals surface area contributed by atoms with Crippen LogP contribution in [-0.4, -0.2) is 54.7 Å². The molecular formula is C18H25NO6S. The number of aromatic carboxylic acids is 1. The van der Waals surface area contributed by atoms with Crippen molar-refractivity contribution in [2.45, 2.75) is 43.1 Å². The molecule has 2 fully saturated rings. The molecule has 7 nitrogen and oxygen atoms in total. The van der Waals surface area contributed by atoms with Crippen LogP contribution in [0, 0.1) is 11.8 Å². The molecule has 3 rings (SSSR count). The highest BCUT2D eigenvalue weighted by atomic mass is 32.2. The Morgan fingerprint density at radius 1 is 1.38 bits per heavy atom. The van der Waals surface area contributed by atoms with Gasteiger partial charge in [0.15, 0.2) is 0 Å². The lowest BCUT2D eigenvalue weighted by Gasteiger charge is -2.40. The van der Waals surface area contributed by atoms with Gasteiger partial charge in [-0.1, -0.05) is 13.3 Å². The summed E-state index contributed by atoms with van der Waals surface area (Å²) in [5.41, 5.74) is -0.939. The molecule has 1 heterocycles. The van der Waals surface area contributed by atoms with Gasteiger partial charge in [0.05, 0.1) is 18.3 Å². The summed E-state index contributed by atoms with van der Waals surface area (Å²) in [6, 6.07) is 3.83. The normalized spacial score (nSPS) is 29.3. The van der Waals surface area contributed by atoms with E-state index in [1.807, 2.05) is 6.92 Å². The molecule has 8 heteroatoms. The molecule has 1 aliphatic heterocycles. The van der Waals surface area contributed by atoms with Crippen LogP contribution in [0.5, 0.6) is 5.75 Å². The van der Waals surface area contributed by atoms with Crippen molar-refractivity contribution in [2.75, 3.05) is 20.2 Å². The summed E-state index contributed by atoms with van der Waals surface area (Å²) in [5, 5.41) is 20.1. The molecule has 2 aliphatic rings. The van der Waals surface area contributed by atoms with Crippen LogP contribution < -0.4 is 4.74 Å². The van der Waals surface area contributed by atoms with E-state index in [0.717, 1.165) is 18.9 Å². The quantitative estimate of drug-likeness (QED) is 0.805. The molecule has 0 unspecified atom stereocenters. The molecule has 1 aromatic carbocycles. The molecule has 144 valence electrons. The number of aliphatic hydroxyl groups is 1. The molecule has 26 heavy (non-hydrogen) atoms. The summed E-state index contributed by atoms with van der Waals surface area (Å²) in [4.78, 5) is 11.1. The number of carboxylic acids is 1. The van der Waals surface area contributed by atoms with Crippen LogP contribution in [0.1, 0.15) is 43.0 Å². The van der Waals surface area contributed by atoms with E-state index in [9.17, 15) is 23.4 Å². The molecule has 0 spiro atoms. The minimum absolute atomic E-state index is 0.0929. The number of nitrogens with zero attached hydrogens (tertiary/aromatic N) is 1. The SMILES string of the molecule is CC[C@@]1(O)CCC[C@@H]2CN(S(=O)(=O)c3cc(C(=O)O)ccc3OC)C[C@@H]21. The molecule has 1 saturated heterocycles. The zero-order valence-corrected chi connectivity index (χ0v) is 15.8. The average Bonchev–Trinajstić information content (AvgIpc) is 3.08. The standard InChI is InChI=1S/C18H25NO6S/c1-3-18(22)8-4-5-13-10-19(11-14(13)18)26(23,24)16-9-12(17(20)21)6-7-15(16)25-2/h6-7,9,13-14,22H,3-5,8,10-11H2,1-2H3,(H,20,21)/t13-,14+,18-/m1/s1. The number of carbonyl (C=O) groups is 1. The maximum absolute atomic E-state index is 13.2. The Balaban J connectivity index is 1.97. The second-order valence-corrected chi connectivity index (χ2v) is 9.12. The minimum atomic E-state index is -3.92. The van der Waals surface area contributed by atoms with E-state index in [-0.39, 0.29) is 34.6 Å². The molecule has 1 saturated carbocycles. The van der Waals surface area contributed by atoms with Crippen molar-refractivity contribution in [1.29, 1.82) is 0 Å². The van der Waals surface area contributed by atoms with E-state index < -0.39 is 21.6 Å². The highest BCUT2D eigenvalue weighted by Crippen LogP contribution is 2.46. The number of carboxylic acid groups (broad SMARTS) is 1. The van der Waals surface area contributed by atoms with E-state index in [4.69, 9.17) is 4.74 Å². The van der Waals surface area contributed by atoms with Crippen LogP contribution in [0.3, 0.4) is 0 Å². The van der Waals surface area contributed by atoms with Gasteiger partial charge in [-0.3, -0.25) is 0 Å². The lowest BCUT2D eigenvalue weighted by Crippen LogP contribution is -2.44. The second kappa shape index (κ2) is 6.83. The van der Waals surface area contributed by atoms with Gasteiger partial charge in [0.2, 0.25) is 10.0 Å². The first-order chi connectivity index (χ1) is 12.2. The Kier molecular flexibility index (Phi) is 5.02. The molecule has 1 aliphatic carbocycles. The molecule has 0 aromatic heterocycles. The van der Waals surface area contributed by atoms with E-state index in [1.165, 1.54) is 23.5 Å². The lowest BCUT2D eigenvalue weighted by molar-refractivity contribution is -0.0605. The Labute approximate surface area is 153 Å². The smallest absolute Gasteiger partial charge is 0.335 e. The monoisotopic (exact) mass is 383 g/mol. The van der Waals surface area contributed by atoms with Gasteiger partial charge in [-0.15, -0.1) is 0 Å². The van der Waals surface area contributed by atoms with E-state index in [0.29, 0.717) is 19.4 Å². The van der Waals surface area contributed by atoms with Crippen molar-refractivity contribution >= 4 is 16.0 Å². The largest absolute Gasteiger partial charge is 0.495 e. The predicted molar refractivity (Wildman–Crippen MR) is 94.8 cm³/mol. The zero-order chi connectivity index (χ0) is 19.1. The summed E-state index contributed by atoms with van der Waals surface area (Å²) in [6.07, 6.45) is 3.07. The Morgan fingerprint density at radius 3 is 2.73 bits per heavy atom. The number of sulfonamides is 1. The molecule has 2 N–H and O–H groups in total. The first-order valence-corrected chi connectivity index (χ1v) is 10.3. The molecular weight excluding hydrogens is 358 g/mol. The van der Waals surface area contributed by atoms with Gasteiger partial charge in [-0.25, -0.2) is 13.2 Å². The second-order valence-electron chi connectivity index (χ2n) is 7.21. The third-order valence-electron chi connectivity index (χ3n) is 5.92. The van der Waals surface area contributed by atoms with Gasteiger partial charge in [0, 0.05) is 19.0 Å². The fourth-order valence-electron chi connectivity index (χ4n) is 4.37. The van der Waals surface area contributed by atoms with Crippen LogP contribution in [0.2, 0.25) is 0 Å². The minimum Gasteiger partial charge on any atom is -0.495 e. The third kappa shape index (κ3) is 3.10. The highest BCUT2D eigenvalue weighted by Gasteiger charge is 2.50. The van der Waals surface area contributed by atoms with Crippen LogP contribution in [0.25, 0.3) is 0 Å². The van der Waals surface area contributed by atoms with Crippen molar-refractivity contribution in [3.8, 4) is 5.75 Å². The van der Waals surface area contributed by atoms with Gasteiger partial charge in [0.1, 0.15) is 10.6 Å². The van der Waals surface area contributed by atoms with Crippen molar-refractivity contribution in [3.05, 3.63) is 23.8 Å². The van der Waals surface area contributed by atoms with Crippen molar-refractivity contribution in [1.82, 2.24) is 4.31 Å². The molecule has 0 amide bonds. The first-order valence-electron chi connectivity index (χ1n) is 8.87. The highest BCUT2D eigenvalue weighted by molar-refractivity contribution is 7.89. The topological polar surface area (TPSA) is 104 Å². The summed E-state index contributed by atoms with van der Waals surface area (Å²) < 4.78 is 32.9. The Hall–Kier alpha value is -1.64. The maximum Gasteiger partial charge on any atom is 0.335 e. The zero-order valence-electron chi connectivity index (χ0n) is 15.0. The van der Waals surface area contributed by atoms with Gasteiger partial charge < -0.3 is 14.9 Å². The summed E-state index contributed by atoms with van der Waals surface area (Å²) in [7, 11) is -2.56. The van der Waals surface area contributed by atoms with Crippen LogP contribution in [0.15, 0.2) is 23.1 Å². The van der Waals surface area contributed by atoms with E-state index in [2.05, 4.69) is 0 Å². The number of methoxy groups -OCH3 is 1. The number of hydrogen-bond acceptors (Lipinski definition) is 5. The van der Waals surface area contributed by atoms with Crippen molar-refractivity contribution in [2.24, 2.45) is 11.8 Å².